The SMILES string of the molecule is CC(C)C(C)CNC(=O)NCc1ccccc1CC(=O)O. The average molecular weight is 292 g/mol. The van der Waals surface area contributed by atoms with Crippen LogP contribution in [0.1, 0.15) is 31.9 Å². The van der Waals surface area contributed by atoms with E-state index in [1.807, 2.05) is 12.1 Å². The Morgan fingerprint density at radius 1 is 1.10 bits per heavy atom. The summed E-state index contributed by atoms with van der Waals surface area (Å²) in [7, 11) is 0. The number of carboxylic acid groups (broad SMARTS) is 1. The lowest BCUT2D eigenvalue weighted by atomic mass is 9.98. The molecule has 0 spiro atoms. The first-order valence-corrected chi connectivity index (χ1v) is 7.20. The number of carboxylic acids is 1. The van der Waals surface area contributed by atoms with Crippen LogP contribution in [0.4, 0.5) is 4.79 Å². The highest BCUT2D eigenvalue weighted by Crippen LogP contribution is 2.10. The molecule has 0 aromatic heterocycles. The predicted molar refractivity (Wildman–Crippen MR) is 82.0 cm³/mol. The largest absolute Gasteiger partial charge is 0.481 e. The molecule has 0 bridgehead atoms. The molecule has 3 N–H and O–H groups in total. The van der Waals surface area contributed by atoms with E-state index in [9.17, 15) is 9.59 Å². The summed E-state index contributed by atoms with van der Waals surface area (Å²) in [5, 5.41) is 14.5. The van der Waals surface area contributed by atoms with E-state index in [1.165, 1.54) is 0 Å². The third-order valence-corrected chi connectivity index (χ3v) is 3.62. The summed E-state index contributed by atoms with van der Waals surface area (Å²) in [6.07, 6.45) is -0.0378. The number of hydrogen-bond acceptors (Lipinski definition) is 2. The van der Waals surface area contributed by atoms with Gasteiger partial charge in [-0.3, -0.25) is 4.79 Å². The summed E-state index contributed by atoms with van der Waals surface area (Å²) in [5.74, 6) is 0.0503. The quantitative estimate of drug-likeness (QED) is 0.722. The summed E-state index contributed by atoms with van der Waals surface area (Å²) < 4.78 is 0. The Morgan fingerprint density at radius 2 is 1.71 bits per heavy atom. The highest BCUT2D eigenvalue weighted by Gasteiger charge is 2.10. The molecule has 1 aromatic carbocycles. The second-order valence-corrected chi connectivity index (χ2v) is 5.62. The Labute approximate surface area is 125 Å². The van der Waals surface area contributed by atoms with Gasteiger partial charge in [0.05, 0.1) is 6.42 Å². The molecule has 1 aromatic rings. The van der Waals surface area contributed by atoms with Gasteiger partial charge in [-0.05, 0) is 23.0 Å². The van der Waals surface area contributed by atoms with Crippen molar-refractivity contribution in [2.24, 2.45) is 11.8 Å². The lowest BCUT2D eigenvalue weighted by Crippen LogP contribution is -2.38. The van der Waals surface area contributed by atoms with Crippen LogP contribution in [-0.2, 0) is 17.8 Å². The monoisotopic (exact) mass is 292 g/mol. The van der Waals surface area contributed by atoms with Crippen molar-refractivity contribution < 1.29 is 14.7 Å². The molecule has 5 heteroatoms. The lowest BCUT2D eigenvalue weighted by Gasteiger charge is -2.16. The molecule has 0 radical (unpaired) electrons. The molecular weight excluding hydrogens is 268 g/mol. The molecule has 1 atom stereocenters. The molecule has 0 aliphatic carbocycles. The van der Waals surface area contributed by atoms with E-state index in [0.717, 1.165) is 11.1 Å². The maximum Gasteiger partial charge on any atom is 0.315 e. The van der Waals surface area contributed by atoms with E-state index in [2.05, 4.69) is 31.4 Å². The number of rotatable bonds is 7. The molecule has 5 nitrogen and oxygen atoms in total. The average Bonchev–Trinajstić information content (AvgIpc) is 2.43. The van der Waals surface area contributed by atoms with Gasteiger partial charge in [0.15, 0.2) is 0 Å². The van der Waals surface area contributed by atoms with Crippen molar-refractivity contribution in [1.82, 2.24) is 10.6 Å². The molecule has 21 heavy (non-hydrogen) atoms. The van der Waals surface area contributed by atoms with Crippen LogP contribution in [0.2, 0.25) is 0 Å². The molecule has 0 saturated heterocycles. The fourth-order valence-corrected chi connectivity index (χ4v) is 1.79. The minimum atomic E-state index is -0.877. The number of aliphatic carboxylic acids is 1. The second-order valence-electron chi connectivity index (χ2n) is 5.62. The Kier molecular flexibility index (Phi) is 6.72. The lowest BCUT2D eigenvalue weighted by molar-refractivity contribution is -0.136. The van der Waals surface area contributed by atoms with Gasteiger partial charge in [0, 0.05) is 13.1 Å². The van der Waals surface area contributed by atoms with Crippen LogP contribution in [0, 0.1) is 11.8 Å². The van der Waals surface area contributed by atoms with Crippen molar-refractivity contribution in [1.29, 1.82) is 0 Å². The van der Waals surface area contributed by atoms with Crippen molar-refractivity contribution in [3.8, 4) is 0 Å². The minimum Gasteiger partial charge on any atom is -0.481 e. The normalized spacial score (nSPS) is 12.0. The van der Waals surface area contributed by atoms with Crippen LogP contribution in [0.25, 0.3) is 0 Å². The van der Waals surface area contributed by atoms with Crippen LogP contribution in [0.15, 0.2) is 24.3 Å². The Bertz CT molecular complexity index is 486. The Morgan fingerprint density at radius 3 is 2.29 bits per heavy atom. The number of hydrogen-bond donors (Lipinski definition) is 3. The van der Waals surface area contributed by atoms with Crippen LogP contribution in [-0.4, -0.2) is 23.7 Å². The Hall–Kier alpha value is -2.04. The molecule has 2 amide bonds. The maximum absolute atomic E-state index is 11.7. The number of benzene rings is 1. The van der Waals surface area contributed by atoms with Crippen molar-refractivity contribution in [2.45, 2.75) is 33.7 Å². The summed E-state index contributed by atoms with van der Waals surface area (Å²) in [4.78, 5) is 22.5. The summed E-state index contributed by atoms with van der Waals surface area (Å²) in [6, 6.07) is 7.00. The molecule has 0 aliphatic heterocycles. The van der Waals surface area contributed by atoms with Gasteiger partial charge in [-0.1, -0.05) is 45.0 Å². The van der Waals surface area contributed by atoms with Gasteiger partial charge in [0.25, 0.3) is 0 Å². The molecule has 0 aliphatic rings. The van der Waals surface area contributed by atoms with Crippen LogP contribution < -0.4 is 10.6 Å². The third kappa shape index (κ3) is 6.29. The van der Waals surface area contributed by atoms with Gasteiger partial charge in [-0.25, -0.2) is 4.79 Å². The standard InChI is InChI=1S/C16H24N2O3/c1-11(2)12(3)9-17-16(21)18-10-14-7-5-4-6-13(14)8-15(19)20/h4-7,11-12H,8-10H2,1-3H3,(H,19,20)(H2,17,18,21). The Balaban J connectivity index is 2.48. The van der Waals surface area contributed by atoms with Gasteiger partial charge in [0.2, 0.25) is 0 Å². The van der Waals surface area contributed by atoms with Gasteiger partial charge in [-0.15, -0.1) is 0 Å². The fraction of sp³-hybridized carbons (Fsp3) is 0.500. The summed E-state index contributed by atoms with van der Waals surface area (Å²) >= 11 is 0. The van der Waals surface area contributed by atoms with E-state index in [0.29, 0.717) is 24.9 Å². The molecule has 0 heterocycles. The first kappa shape index (κ1) is 17.0. The van der Waals surface area contributed by atoms with E-state index >= 15 is 0 Å². The van der Waals surface area contributed by atoms with Crippen molar-refractivity contribution in [3.63, 3.8) is 0 Å². The van der Waals surface area contributed by atoms with Gasteiger partial charge in [-0.2, -0.15) is 0 Å². The number of urea groups is 1. The van der Waals surface area contributed by atoms with E-state index in [-0.39, 0.29) is 12.5 Å². The molecule has 1 unspecified atom stereocenters. The van der Waals surface area contributed by atoms with E-state index in [1.54, 1.807) is 12.1 Å². The first-order chi connectivity index (χ1) is 9.90. The molecule has 0 saturated carbocycles. The van der Waals surface area contributed by atoms with Crippen LogP contribution in [0.3, 0.4) is 0 Å². The number of carbonyl (C=O) groups excluding carboxylic acids is 1. The molecule has 1 rings (SSSR count). The predicted octanol–water partition coefficient (Wildman–Crippen LogP) is 2.41. The van der Waals surface area contributed by atoms with Crippen molar-refractivity contribution >= 4 is 12.0 Å². The third-order valence-electron chi connectivity index (χ3n) is 3.62. The smallest absolute Gasteiger partial charge is 0.315 e. The topological polar surface area (TPSA) is 78.4 Å². The van der Waals surface area contributed by atoms with Crippen LogP contribution >= 0.6 is 0 Å². The van der Waals surface area contributed by atoms with E-state index < -0.39 is 5.97 Å². The number of carbonyl (C=O) groups is 2. The highest BCUT2D eigenvalue weighted by molar-refractivity contribution is 5.74. The number of nitrogens with one attached hydrogen (secondary N) is 2. The maximum atomic E-state index is 11.7. The molecule has 0 fully saturated rings. The van der Waals surface area contributed by atoms with Gasteiger partial charge >= 0.3 is 12.0 Å². The van der Waals surface area contributed by atoms with Crippen LogP contribution in [0.5, 0.6) is 0 Å². The second kappa shape index (κ2) is 8.29. The zero-order valence-corrected chi connectivity index (χ0v) is 12.8. The minimum absolute atomic E-state index is 0.0378. The highest BCUT2D eigenvalue weighted by atomic mass is 16.4. The van der Waals surface area contributed by atoms with Crippen molar-refractivity contribution in [2.75, 3.05) is 6.54 Å². The van der Waals surface area contributed by atoms with Gasteiger partial charge in [0.1, 0.15) is 0 Å². The first-order valence-electron chi connectivity index (χ1n) is 7.20. The zero-order chi connectivity index (χ0) is 15.8. The summed E-state index contributed by atoms with van der Waals surface area (Å²) in [5.41, 5.74) is 1.55. The zero-order valence-electron chi connectivity index (χ0n) is 12.8. The molecular formula is C16H24N2O3. The molecule has 116 valence electrons. The van der Waals surface area contributed by atoms with E-state index in [4.69, 9.17) is 5.11 Å². The number of amides is 2. The fourth-order valence-electron chi connectivity index (χ4n) is 1.79. The van der Waals surface area contributed by atoms with Crippen molar-refractivity contribution in [3.05, 3.63) is 35.4 Å². The summed E-state index contributed by atoms with van der Waals surface area (Å²) in [6.45, 7) is 7.28. The van der Waals surface area contributed by atoms with Gasteiger partial charge < -0.3 is 15.7 Å².